The molecule has 1 unspecified atom stereocenters. The highest BCUT2D eigenvalue weighted by Crippen LogP contribution is 2.41. The van der Waals surface area contributed by atoms with Gasteiger partial charge in [0.25, 0.3) is 0 Å². The third-order valence-electron chi connectivity index (χ3n) is 6.29. The third kappa shape index (κ3) is 4.73. The van der Waals surface area contributed by atoms with Gasteiger partial charge in [0.05, 0.1) is 11.2 Å². The molecule has 35 heavy (non-hydrogen) atoms. The van der Waals surface area contributed by atoms with Crippen LogP contribution >= 0.6 is 0 Å². The van der Waals surface area contributed by atoms with Crippen molar-refractivity contribution in [3.63, 3.8) is 0 Å². The second kappa shape index (κ2) is 9.97. The van der Waals surface area contributed by atoms with Crippen LogP contribution in [0, 0.1) is 15.9 Å². The summed E-state index contributed by atoms with van der Waals surface area (Å²) < 4.78 is 24.7. The van der Waals surface area contributed by atoms with Gasteiger partial charge in [0.1, 0.15) is 18.5 Å². The zero-order valence-corrected chi connectivity index (χ0v) is 19.0. The van der Waals surface area contributed by atoms with Crippen molar-refractivity contribution in [3.8, 4) is 5.75 Å². The topological polar surface area (TPSA) is 61.6 Å². The van der Waals surface area contributed by atoms with Crippen molar-refractivity contribution >= 4 is 27.2 Å². The van der Waals surface area contributed by atoms with Gasteiger partial charge in [0.15, 0.2) is 0 Å². The molecule has 1 aliphatic carbocycles. The molecule has 0 radical (unpaired) electrons. The second-order valence-corrected chi connectivity index (χ2v) is 8.48. The molecule has 176 valence electrons. The fourth-order valence-electron chi connectivity index (χ4n) is 4.73. The fraction of sp³-hybridized carbons (Fsp3) is 0.172. The molecule has 1 atom stereocenters. The average Bonchev–Trinajstić information content (AvgIpc) is 2.89. The Hall–Kier alpha value is -4.19. The molecular formula is C29H24FNO4. The van der Waals surface area contributed by atoms with E-state index in [9.17, 15) is 14.5 Å². The molecule has 0 amide bonds. The summed E-state index contributed by atoms with van der Waals surface area (Å²) in [5.74, 6) is -0.573. The number of hydrogen-bond acceptors (Lipinski definition) is 4. The van der Waals surface area contributed by atoms with Gasteiger partial charge in [0.2, 0.25) is 5.75 Å². The Labute approximate surface area is 202 Å². The van der Waals surface area contributed by atoms with Crippen LogP contribution in [0.25, 0.3) is 21.5 Å². The van der Waals surface area contributed by atoms with Gasteiger partial charge in [-0.05, 0) is 64.6 Å². The Morgan fingerprint density at radius 3 is 2.57 bits per heavy atom. The van der Waals surface area contributed by atoms with E-state index in [0.29, 0.717) is 0 Å². The Bertz CT molecular complexity index is 1450. The van der Waals surface area contributed by atoms with Gasteiger partial charge in [-0.1, -0.05) is 54.6 Å². The van der Waals surface area contributed by atoms with Crippen LogP contribution in [0.4, 0.5) is 10.1 Å². The van der Waals surface area contributed by atoms with E-state index in [4.69, 9.17) is 9.47 Å². The Morgan fingerprint density at radius 1 is 0.971 bits per heavy atom. The van der Waals surface area contributed by atoms with Crippen molar-refractivity contribution in [3.05, 3.63) is 118 Å². The number of benzene rings is 4. The van der Waals surface area contributed by atoms with Crippen LogP contribution in [0.2, 0.25) is 0 Å². The molecule has 4 aromatic rings. The average molecular weight is 470 g/mol. The third-order valence-corrected chi connectivity index (χ3v) is 6.29. The summed E-state index contributed by atoms with van der Waals surface area (Å²) in [6.45, 7) is 0.733. The number of nitro groups is 1. The van der Waals surface area contributed by atoms with Crippen molar-refractivity contribution in [2.24, 2.45) is 0 Å². The van der Waals surface area contributed by atoms with E-state index >= 15 is 0 Å². The van der Waals surface area contributed by atoms with Crippen molar-refractivity contribution < 1.29 is 18.8 Å². The molecule has 0 N–H and O–H groups in total. The number of ether oxygens (including phenoxy) is 2. The Kier molecular flexibility index (Phi) is 6.44. The van der Waals surface area contributed by atoms with Gasteiger partial charge in [0, 0.05) is 17.7 Å². The lowest BCUT2D eigenvalue weighted by Gasteiger charge is -2.28. The number of allylic oxidation sites excluding steroid dienone is 2. The number of rotatable bonds is 3. The summed E-state index contributed by atoms with van der Waals surface area (Å²) in [5, 5.41) is 15.9. The molecule has 0 spiro atoms. The van der Waals surface area contributed by atoms with E-state index < -0.39 is 10.7 Å². The Balaban J connectivity index is 0.000000371. The van der Waals surface area contributed by atoms with E-state index in [1.165, 1.54) is 5.56 Å². The lowest BCUT2D eigenvalue weighted by molar-refractivity contribution is -0.386. The maximum absolute atomic E-state index is 13.8. The maximum Gasteiger partial charge on any atom is 0.311 e. The lowest BCUT2D eigenvalue weighted by atomic mass is 9.84. The predicted octanol–water partition coefficient (Wildman–Crippen LogP) is 7.58. The molecule has 0 aromatic heterocycles. The van der Waals surface area contributed by atoms with Crippen molar-refractivity contribution in [2.45, 2.75) is 25.4 Å². The molecule has 5 nitrogen and oxygen atoms in total. The molecular weight excluding hydrogens is 445 g/mol. The minimum atomic E-state index is -0.550. The number of halogens is 1. The summed E-state index contributed by atoms with van der Waals surface area (Å²) in [6.07, 6.45) is 9.69. The van der Waals surface area contributed by atoms with Gasteiger partial charge in [-0.15, -0.1) is 0 Å². The van der Waals surface area contributed by atoms with Crippen LogP contribution in [-0.4, -0.2) is 11.5 Å². The van der Waals surface area contributed by atoms with E-state index in [-0.39, 0.29) is 17.5 Å². The SMILES string of the molecule is C1=CCOC=C1.O=[N+]([O-])c1ccc(F)cc1OC1CCCc2ccc3c(ccc4ccccc43)c21. The first-order valence-electron chi connectivity index (χ1n) is 11.6. The highest BCUT2D eigenvalue weighted by Gasteiger charge is 2.27. The molecule has 1 aliphatic heterocycles. The molecule has 1 heterocycles. The zero-order valence-electron chi connectivity index (χ0n) is 19.0. The second-order valence-electron chi connectivity index (χ2n) is 8.48. The van der Waals surface area contributed by atoms with Gasteiger partial charge in [-0.3, -0.25) is 10.1 Å². The summed E-state index contributed by atoms with van der Waals surface area (Å²) in [4.78, 5) is 10.8. The van der Waals surface area contributed by atoms with E-state index in [1.54, 1.807) is 6.26 Å². The van der Waals surface area contributed by atoms with E-state index in [0.717, 1.165) is 71.2 Å². The van der Waals surface area contributed by atoms with Crippen LogP contribution in [0.5, 0.6) is 5.75 Å². The number of nitrogens with zero attached hydrogens (tertiary/aromatic N) is 1. The first kappa shape index (κ1) is 22.6. The van der Waals surface area contributed by atoms with Crippen LogP contribution < -0.4 is 4.74 Å². The van der Waals surface area contributed by atoms with Gasteiger partial charge < -0.3 is 9.47 Å². The van der Waals surface area contributed by atoms with Crippen molar-refractivity contribution in [2.75, 3.05) is 6.61 Å². The molecule has 0 bridgehead atoms. The number of fused-ring (bicyclic) bond motifs is 5. The first-order valence-corrected chi connectivity index (χ1v) is 11.6. The minimum absolute atomic E-state index is 0.0226. The van der Waals surface area contributed by atoms with Gasteiger partial charge >= 0.3 is 5.69 Å². The molecule has 6 rings (SSSR count). The molecule has 2 aliphatic rings. The Morgan fingerprint density at radius 2 is 1.83 bits per heavy atom. The normalized spacial score (nSPS) is 16.2. The lowest BCUT2D eigenvalue weighted by Crippen LogP contribution is -2.16. The summed E-state index contributed by atoms with van der Waals surface area (Å²) in [7, 11) is 0. The first-order chi connectivity index (χ1) is 17.1. The van der Waals surface area contributed by atoms with E-state index in [2.05, 4.69) is 36.4 Å². The monoisotopic (exact) mass is 469 g/mol. The zero-order chi connectivity index (χ0) is 24.2. The molecule has 6 heteroatoms. The maximum atomic E-state index is 13.8. The number of aryl methyl sites for hydroxylation is 1. The van der Waals surface area contributed by atoms with Crippen molar-refractivity contribution in [1.29, 1.82) is 0 Å². The van der Waals surface area contributed by atoms with Gasteiger partial charge in [-0.2, -0.15) is 0 Å². The molecule has 0 saturated carbocycles. The van der Waals surface area contributed by atoms with Crippen LogP contribution in [0.3, 0.4) is 0 Å². The fourth-order valence-corrected chi connectivity index (χ4v) is 4.73. The van der Waals surface area contributed by atoms with Crippen LogP contribution in [0.1, 0.15) is 30.1 Å². The summed E-state index contributed by atoms with van der Waals surface area (Å²) in [5.41, 5.74) is 2.02. The smallest absolute Gasteiger partial charge is 0.311 e. The van der Waals surface area contributed by atoms with Crippen molar-refractivity contribution in [1.82, 2.24) is 0 Å². The largest absolute Gasteiger partial charge is 0.497 e. The quantitative estimate of drug-likeness (QED) is 0.176. The number of hydrogen-bond donors (Lipinski definition) is 0. The van der Waals surface area contributed by atoms with Crippen LogP contribution in [-0.2, 0) is 11.2 Å². The number of nitro benzene ring substituents is 1. The standard InChI is InChI=1S/C24H18FNO3.C5H6O/c25-17-10-13-21(26(27)28)23(14-17)29-22-7-3-5-16-9-11-19-18-6-2-1-4-15(18)8-12-20(19)24(16)22;1-2-4-6-5-3-1/h1-2,4,6,8-14,22H,3,5,7H2;1-4H,5H2. The van der Waals surface area contributed by atoms with Gasteiger partial charge in [-0.25, -0.2) is 4.39 Å². The van der Waals surface area contributed by atoms with Crippen LogP contribution in [0.15, 0.2) is 91.2 Å². The summed E-state index contributed by atoms with van der Waals surface area (Å²) in [6, 6.07) is 20.0. The summed E-state index contributed by atoms with van der Waals surface area (Å²) >= 11 is 0. The van der Waals surface area contributed by atoms with E-state index in [1.807, 2.05) is 30.4 Å². The highest BCUT2D eigenvalue weighted by molar-refractivity contribution is 6.08. The molecule has 0 fully saturated rings. The highest BCUT2D eigenvalue weighted by atomic mass is 19.1. The minimum Gasteiger partial charge on any atom is -0.497 e. The predicted molar refractivity (Wildman–Crippen MR) is 135 cm³/mol. The molecule has 0 saturated heterocycles. The molecule has 4 aromatic carbocycles.